The van der Waals surface area contributed by atoms with Gasteiger partial charge in [-0.1, -0.05) is 23.2 Å². The monoisotopic (exact) mass is 279 g/mol. The third kappa shape index (κ3) is 2.75. The van der Waals surface area contributed by atoms with Gasteiger partial charge in [0.05, 0.1) is 10.7 Å². The van der Waals surface area contributed by atoms with Crippen LogP contribution in [-0.2, 0) is 4.79 Å². The maximum atomic E-state index is 10.9. The lowest BCUT2D eigenvalue weighted by Crippen LogP contribution is -2.06. The average Bonchev–Trinajstić information content (AvgIpc) is 2.12. The minimum Gasteiger partial charge on any atom is -0.504 e. The van der Waals surface area contributed by atoms with E-state index in [-0.39, 0.29) is 27.6 Å². The molecule has 3 nitrogen and oxygen atoms in total. The molecule has 0 fully saturated rings. The Hall–Kier alpha value is -0.580. The molecule has 1 aromatic rings. The van der Waals surface area contributed by atoms with Crippen molar-refractivity contribution in [1.29, 1.82) is 0 Å². The molecular formula is C10H11Cl2NO2S. The first-order valence-corrected chi connectivity index (χ1v) is 5.78. The topological polar surface area (TPSA) is 49.3 Å². The highest BCUT2D eigenvalue weighted by atomic mass is 35.5. The summed E-state index contributed by atoms with van der Waals surface area (Å²) >= 11 is 16.1. The van der Waals surface area contributed by atoms with Crippen LogP contribution in [0.3, 0.4) is 0 Å². The van der Waals surface area contributed by atoms with Gasteiger partial charge in [-0.05, 0) is 13.0 Å². The number of benzene rings is 1. The molecule has 0 heterocycles. The van der Waals surface area contributed by atoms with E-state index >= 15 is 0 Å². The Bertz CT molecular complexity index is 435. The summed E-state index contributed by atoms with van der Waals surface area (Å²) in [6, 6.07) is 1.45. The second kappa shape index (κ2) is 5.17. The van der Waals surface area contributed by atoms with Crippen LogP contribution < -0.4 is 5.32 Å². The first-order chi connectivity index (χ1) is 7.34. The number of phenols is 1. The molecule has 16 heavy (non-hydrogen) atoms. The summed E-state index contributed by atoms with van der Waals surface area (Å²) in [5.74, 6) is -0.508. The van der Waals surface area contributed by atoms with Crippen LogP contribution in [0.1, 0.15) is 24.7 Å². The fourth-order valence-electron chi connectivity index (χ4n) is 1.29. The van der Waals surface area contributed by atoms with Crippen LogP contribution in [0.15, 0.2) is 6.07 Å². The van der Waals surface area contributed by atoms with Crippen LogP contribution in [-0.4, -0.2) is 11.0 Å². The van der Waals surface area contributed by atoms with Crippen molar-refractivity contribution in [2.24, 2.45) is 0 Å². The molecule has 0 aromatic heterocycles. The molecule has 0 aliphatic carbocycles. The van der Waals surface area contributed by atoms with Crippen molar-refractivity contribution in [2.45, 2.75) is 19.1 Å². The number of rotatable bonds is 2. The second-order valence-electron chi connectivity index (χ2n) is 3.34. The molecule has 0 radical (unpaired) electrons. The van der Waals surface area contributed by atoms with E-state index in [2.05, 4.69) is 17.9 Å². The van der Waals surface area contributed by atoms with Gasteiger partial charge in [-0.3, -0.25) is 4.79 Å². The first kappa shape index (κ1) is 13.5. The zero-order valence-electron chi connectivity index (χ0n) is 8.71. The predicted molar refractivity (Wildman–Crippen MR) is 69.8 cm³/mol. The summed E-state index contributed by atoms with van der Waals surface area (Å²) < 4.78 is 0. The Morgan fingerprint density at radius 2 is 2.12 bits per heavy atom. The van der Waals surface area contributed by atoms with Crippen molar-refractivity contribution in [2.75, 3.05) is 5.32 Å². The van der Waals surface area contributed by atoms with E-state index in [9.17, 15) is 9.90 Å². The Morgan fingerprint density at radius 1 is 1.56 bits per heavy atom. The molecule has 1 aromatic carbocycles. The van der Waals surface area contributed by atoms with E-state index < -0.39 is 0 Å². The SMILES string of the molecule is CC(=O)Nc1cc(Cl)c(C(C)S)c(Cl)c1O. The average molecular weight is 280 g/mol. The standard InChI is InChI=1S/C10H11Cl2NO2S/c1-4(16)8-6(11)3-7(13-5(2)14)10(15)9(8)12/h3-4,15-16H,1-2H3,(H,13,14). The number of carbonyl (C=O) groups excluding carboxylic acids is 1. The summed E-state index contributed by atoms with van der Waals surface area (Å²) in [5, 5.41) is 12.5. The van der Waals surface area contributed by atoms with Gasteiger partial charge in [0.2, 0.25) is 5.91 Å². The van der Waals surface area contributed by atoms with E-state index in [4.69, 9.17) is 23.2 Å². The highest BCUT2D eigenvalue weighted by Crippen LogP contribution is 2.43. The molecule has 0 saturated heterocycles. The Kier molecular flexibility index (Phi) is 4.35. The van der Waals surface area contributed by atoms with E-state index in [0.29, 0.717) is 10.6 Å². The van der Waals surface area contributed by atoms with Crippen molar-refractivity contribution in [3.8, 4) is 5.75 Å². The number of aromatic hydroxyl groups is 1. The smallest absolute Gasteiger partial charge is 0.221 e. The summed E-state index contributed by atoms with van der Waals surface area (Å²) in [6.07, 6.45) is 0. The fourth-order valence-corrected chi connectivity index (χ4v) is 2.49. The molecule has 0 aliphatic rings. The summed E-state index contributed by atoms with van der Waals surface area (Å²) in [7, 11) is 0. The highest BCUT2D eigenvalue weighted by molar-refractivity contribution is 7.80. The van der Waals surface area contributed by atoms with Gasteiger partial charge >= 0.3 is 0 Å². The van der Waals surface area contributed by atoms with Crippen molar-refractivity contribution < 1.29 is 9.90 Å². The lowest BCUT2D eigenvalue weighted by Gasteiger charge is -2.14. The van der Waals surface area contributed by atoms with E-state index in [1.165, 1.54) is 13.0 Å². The van der Waals surface area contributed by atoms with Gasteiger partial charge in [-0.25, -0.2) is 0 Å². The van der Waals surface area contributed by atoms with Crippen LogP contribution >= 0.6 is 35.8 Å². The minimum atomic E-state index is -0.311. The normalized spacial score (nSPS) is 12.3. The van der Waals surface area contributed by atoms with Gasteiger partial charge in [0.1, 0.15) is 0 Å². The van der Waals surface area contributed by atoms with Gasteiger partial charge in [-0.15, -0.1) is 0 Å². The summed E-state index contributed by atoms with van der Waals surface area (Å²) in [5.41, 5.74) is 0.735. The van der Waals surface area contributed by atoms with Crippen LogP contribution in [0.2, 0.25) is 10.0 Å². The molecule has 6 heteroatoms. The van der Waals surface area contributed by atoms with Crippen LogP contribution in [0, 0.1) is 0 Å². The maximum absolute atomic E-state index is 10.9. The number of amides is 1. The summed E-state index contributed by atoms with van der Waals surface area (Å²) in [6.45, 7) is 3.12. The molecule has 2 N–H and O–H groups in total. The van der Waals surface area contributed by atoms with E-state index in [1.807, 2.05) is 0 Å². The molecule has 88 valence electrons. The van der Waals surface area contributed by atoms with E-state index in [0.717, 1.165) is 0 Å². The minimum absolute atomic E-state index is 0.110. The van der Waals surface area contributed by atoms with Crippen LogP contribution in [0.5, 0.6) is 5.75 Å². The molecule has 0 spiro atoms. The number of hydrogen-bond acceptors (Lipinski definition) is 3. The fraction of sp³-hybridized carbons (Fsp3) is 0.300. The molecule has 1 atom stereocenters. The third-order valence-electron chi connectivity index (χ3n) is 1.96. The van der Waals surface area contributed by atoms with Crippen molar-refractivity contribution >= 4 is 47.4 Å². The van der Waals surface area contributed by atoms with Gasteiger partial charge in [0, 0.05) is 22.8 Å². The lowest BCUT2D eigenvalue weighted by molar-refractivity contribution is -0.114. The van der Waals surface area contributed by atoms with Crippen molar-refractivity contribution in [1.82, 2.24) is 0 Å². The third-order valence-corrected chi connectivity index (χ3v) is 2.91. The number of thiol groups is 1. The predicted octanol–water partition coefficient (Wildman–Crippen LogP) is 3.65. The zero-order chi connectivity index (χ0) is 12.5. The van der Waals surface area contributed by atoms with Gasteiger partial charge in [-0.2, -0.15) is 12.6 Å². The number of carbonyl (C=O) groups is 1. The largest absolute Gasteiger partial charge is 0.504 e. The van der Waals surface area contributed by atoms with Crippen LogP contribution in [0.25, 0.3) is 0 Å². The Labute approximate surface area is 109 Å². The second-order valence-corrected chi connectivity index (χ2v) is 4.90. The number of hydrogen-bond donors (Lipinski definition) is 3. The molecule has 0 aliphatic heterocycles. The van der Waals surface area contributed by atoms with E-state index in [1.54, 1.807) is 6.92 Å². The van der Waals surface area contributed by atoms with Crippen LogP contribution in [0.4, 0.5) is 5.69 Å². The number of phenolic OH excluding ortho intramolecular Hbond substituents is 1. The Morgan fingerprint density at radius 3 is 2.56 bits per heavy atom. The molecular weight excluding hydrogens is 269 g/mol. The van der Waals surface area contributed by atoms with Gasteiger partial charge in [0.15, 0.2) is 5.75 Å². The lowest BCUT2D eigenvalue weighted by atomic mass is 10.1. The number of nitrogens with one attached hydrogen (secondary N) is 1. The molecule has 0 bridgehead atoms. The van der Waals surface area contributed by atoms with Crippen molar-refractivity contribution in [3.05, 3.63) is 21.7 Å². The molecule has 1 rings (SSSR count). The first-order valence-electron chi connectivity index (χ1n) is 4.51. The Balaban J connectivity index is 3.33. The molecule has 1 unspecified atom stereocenters. The number of anilines is 1. The molecule has 1 amide bonds. The zero-order valence-corrected chi connectivity index (χ0v) is 11.1. The summed E-state index contributed by atoms with van der Waals surface area (Å²) in [4.78, 5) is 10.9. The maximum Gasteiger partial charge on any atom is 0.221 e. The highest BCUT2D eigenvalue weighted by Gasteiger charge is 2.18. The van der Waals surface area contributed by atoms with Gasteiger partial charge in [0.25, 0.3) is 0 Å². The van der Waals surface area contributed by atoms with Crippen molar-refractivity contribution in [3.63, 3.8) is 0 Å². The molecule has 0 saturated carbocycles. The van der Waals surface area contributed by atoms with Gasteiger partial charge < -0.3 is 10.4 Å². The quantitative estimate of drug-likeness (QED) is 0.572. The number of halogens is 2.